The number of amides is 2. The molecule has 0 atom stereocenters. The second-order valence-electron chi connectivity index (χ2n) is 10.9. The molecule has 1 fully saturated rings. The van der Waals surface area contributed by atoms with E-state index in [2.05, 4.69) is 39.5 Å². The van der Waals surface area contributed by atoms with Crippen LogP contribution in [-0.2, 0) is 11.9 Å². The van der Waals surface area contributed by atoms with Crippen LogP contribution in [0.4, 0.5) is 24.5 Å². The van der Waals surface area contributed by atoms with Gasteiger partial charge in [0, 0.05) is 42.4 Å². The maximum absolute atomic E-state index is 13.4. The fraction of sp³-hybridized carbons (Fsp3) is 0.382. The molecule has 7 nitrogen and oxygen atoms in total. The molecule has 246 valence electrons. The Labute approximate surface area is 277 Å². The summed E-state index contributed by atoms with van der Waals surface area (Å²) in [7, 11) is 0. The molecule has 3 aromatic rings. The van der Waals surface area contributed by atoms with E-state index in [1.54, 1.807) is 18.2 Å². The lowest BCUT2D eigenvalue weighted by molar-refractivity contribution is -0.137. The number of anilines is 2. The van der Waals surface area contributed by atoms with Crippen LogP contribution in [0.2, 0.25) is 5.02 Å². The molecule has 3 aromatic carbocycles. The van der Waals surface area contributed by atoms with Gasteiger partial charge in [0.25, 0.3) is 11.8 Å². The lowest BCUT2D eigenvalue weighted by Crippen LogP contribution is -2.30. The Hall–Kier alpha value is -3.54. The third-order valence-electron chi connectivity index (χ3n) is 7.80. The monoisotopic (exact) mass is 673 g/mol. The lowest BCUT2D eigenvalue weighted by Gasteiger charge is -2.29. The van der Waals surface area contributed by atoms with Crippen molar-refractivity contribution in [2.24, 2.45) is 5.10 Å². The Kier molecular flexibility index (Phi) is 12.9. The highest BCUT2D eigenvalue weighted by atomic mass is 35.5. The molecule has 1 saturated heterocycles. The van der Waals surface area contributed by atoms with Crippen LogP contribution in [-0.4, -0.2) is 61.4 Å². The number of hydrogen-bond donors (Lipinski definition) is 2. The van der Waals surface area contributed by atoms with E-state index in [0.29, 0.717) is 11.3 Å². The van der Waals surface area contributed by atoms with Gasteiger partial charge in [0.1, 0.15) is 0 Å². The molecule has 0 radical (unpaired) electrons. The first kappa shape index (κ1) is 35.3. The average molecular weight is 674 g/mol. The van der Waals surface area contributed by atoms with Crippen LogP contribution < -0.4 is 15.6 Å². The van der Waals surface area contributed by atoms with Crippen molar-refractivity contribution >= 4 is 52.8 Å². The molecule has 0 saturated carbocycles. The van der Waals surface area contributed by atoms with E-state index in [1.807, 2.05) is 36.0 Å². The minimum absolute atomic E-state index is 0.110. The van der Waals surface area contributed by atoms with E-state index in [9.17, 15) is 22.8 Å². The minimum Gasteiger partial charge on any atom is -0.372 e. The third kappa shape index (κ3) is 9.98. The van der Waals surface area contributed by atoms with Crippen molar-refractivity contribution in [2.45, 2.75) is 45.0 Å². The number of rotatable bonds is 13. The van der Waals surface area contributed by atoms with Crippen molar-refractivity contribution < 1.29 is 22.8 Å². The van der Waals surface area contributed by atoms with Crippen molar-refractivity contribution in [3.63, 3.8) is 0 Å². The maximum atomic E-state index is 13.4. The molecule has 0 spiro atoms. The SMILES string of the molecule is CCN(CC)CCSCc1cccc(C(=O)Nc2ccc(N3CCCCC3)cc2C(=O)N/N=C\c2ccc(Cl)c(C(F)(F)F)c2)c1. The normalized spacial score (nSPS) is 13.8. The van der Waals surface area contributed by atoms with Gasteiger partial charge in [0.05, 0.1) is 28.1 Å². The van der Waals surface area contributed by atoms with Gasteiger partial charge in [0.2, 0.25) is 0 Å². The predicted molar refractivity (Wildman–Crippen MR) is 182 cm³/mol. The Balaban J connectivity index is 1.50. The molecule has 0 unspecified atom stereocenters. The summed E-state index contributed by atoms with van der Waals surface area (Å²) in [6.45, 7) is 9.04. The van der Waals surface area contributed by atoms with Crippen LogP contribution in [0.25, 0.3) is 0 Å². The minimum atomic E-state index is -4.63. The number of hydrazone groups is 1. The van der Waals surface area contributed by atoms with Crippen LogP contribution >= 0.6 is 23.4 Å². The van der Waals surface area contributed by atoms with Gasteiger partial charge in [-0.1, -0.05) is 43.6 Å². The zero-order chi connectivity index (χ0) is 33.1. The van der Waals surface area contributed by atoms with Gasteiger partial charge in [-0.2, -0.15) is 30.0 Å². The van der Waals surface area contributed by atoms with Crippen molar-refractivity contribution in [1.29, 1.82) is 0 Å². The molecule has 2 amide bonds. The maximum Gasteiger partial charge on any atom is 0.417 e. The molecule has 1 aliphatic heterocycles. The Morgan fingerprint density at radius 2 is 1.76 bits per heavy atom. The standard InChI is InChI=1S/C34H39ClF3N5O2S/c1-3-42(4-2)17-18-46-23-25-9-8-10-26(19-25)32(44)40-31-14-12-27(43-15-6-5-7-16-43)21-28(31)33(45)41-39-22-24-11-13-30(35)29(20-24)34(36,37)38/h8-14,19-22H,3-7,15-18,23H2,1-2H3,(H,40,44)(H,41,45)/b39-22-. The molecule has 4 rings (SSSR count). The first-order valence-corrected chi connectivity index (χ1v) is 16.9. The topological polar surface area (TPSA) is 77.0 Å². The highest BCUT2D eigenvalue weighted by Gasteiger charge is 2.33. The number of carbonyl (C=O) groups excluding carboxylic acids is 2. The summed E-state index contributed by atoms with van der Waals surface area (Å²) >= 11 is 7.52. The third-order valence-corrected chi connectivity index (χ3v) is 9.14. The summed E-state index contributed by atoms with van der Waals surface area (Å²) in [6, 6.07) is 16.0. The Bertz CT molecular complexity index is 1520. The average Bonchev–Trinajstić information content (AvgIpc) is 3.05. The molecule has 0 bridgehead atoms. The highest BCUT2D eigenvalue weighted by Crippen LogP contribution is 2.35. The summed E-state index contributed by atoms with van der Waals surface area (Å²) in [5.41, 5.74) is 4.32. The van der Waals surface area contributed by atoms with Crippen molar-refractivity contribution in [3.8, 4) is 0 Å². The quantitative estimate of drug-likeness (QED) is 0.109. The molecule has 46 heavy (non-hydrogen) atoms. The number of piperidine rings is 1. The van der Waals surface area contributed by atoms with E-state index in [0.717, 1.165) is 93.1 Å². The summed E-state index contributed by atoms with van der Waals surface area (Å²) in [6.07, 6.45) is -0.302. The summed E-state index contributed by atoms with van der Waals surface area (Å²) < 4.78 is 39.8. The fourth-order valence-electron chi connectivity index (χ4n) is 5.16. The van der Waals surface area contributed by atoms with Gasteiger partial charge in [-0.15, -0.1) is 0 Å². The number of thioether (sulfide) groups is 1. The zero-order valence-electron chi connectivity index (χ0n) is 26.0. The highest BCUT2D eigenvalue weighted by molar-refractivity contribution is 7.98. The lowest BCUT2D eigenvalue weighted by atomic mass is 10.1. The van der Waals surface area contributed by atoms with Gasteiger partial charge < -0.3 is 15.1 Å². The molecule has 1 heterocycles. The van der Waals surface area contributed by atoms with Crippen LogP contribution in [0.1, 0.15) is 70.5 Å². The van der Waals surface area contributed by atoms with Crippen molar-refractivity contribution in [1.82, 2.24) is 10.3 Å². The number of nitrogens with one attached hydrogen (secondary N) is 2. The second kappa shape index (κ2) is 16.9. The van der Waals surface area contributed by atoms with Gasteiger partial charge in [0.15, 0.2) is 0 Å². The van der Waals surface area contributed by atoms with Crippen LogP contribution in [0.5, 0.6) is 0 Å². The van der Waals surface area contributed by atoms with E-state index >= 15 is 0 Å². The van der Waals surface area contributed by atoms with Crippen molar-refractivity contribution in [2.75, 3.05) is 48.7 Å². The van der Waals surface area contributed by atoms with Crippen molar-refractivity contribution in [3.05, 3.63) is 93.5 Å². The summed E-state index contributed by atoms with van der Waals surface area (Å²) in [5, 5.41) is 6.34. The van der Waals surface area contributed by atoms with Gasteiger partial charge in [-0.25, -0.2) is 5.43 Å². The van der Waals surface area contributed by atoms with E-state index in [1.165, 1.54) is 6.07 Å². The first-order valence-electron chi connectivity index (χ1n) is 15.4. The molecule has 1 aliphatic rings. The largest absolute Gasteiger partial charge is 0.417 e. The van der Waals surface area contributed by atoms with Crippen LogP contribution in [0.15, 0.2) is 65.8 Å². The Morgan fingerprint density at radius 1 is 1.00 bits per heavy atom. The number of carbonyl (C=O) groups is 2. The number of nitrogens with zero attached hydrogens (tertiary/aromatic N) is 3. The summed E-state index contributed by atoms with van der Waals surface area (Å²) in [4.78, 5) is 31.3. The molecule has 0 aliphatic carbocycles. The van der Waals surface area contributed by atoms with Crippen LogP contribution in [0.3, 0.4) is 0 Å². The smallest absolute Gasteiger partial charge is 0.372 e. The fourth-order valence-corrected chi connectivity index (χ4v) is 6.34. The van der Waals surface area contributed by atoms with E-state index in [-0.39, 0.29) is 17.0 Å². The predicted octanol–water partition coefficient (Wildman–Crippen LogP) is 7.94. The first-order chi connectivity index (χ1) is 22.1. The van der Waals surface area contributed by atoms with Gasteiger partial charge in [-0.05, 0) is 85.9 Å². The number of benzene rings is 3. The van der Waals surface area contributed by atoms with E-state index < -0.39 is 22.7 Å². The molecule has 2 N–H and O–H groups in total. The zero-order valence-corrected chi connectivity index (χ0v) is 27.6. The number of hydrogen-bond acceptors (Lipinski definition) is 6. The second-order valence-corrected chi connectivity index (χ2v) is 12.5. The van der Waals surface area contributed by atoms with Gasteiger partial charge in [-0.3, -0.25) is 9.59 Å². The molecular formula is C34H39ClF3N5O2S. The summed E-state index contributed by atoms with van der Waals surface area (Å²) in [5.74, 6) is 0.786. The number of alkyl halides is 3. The molecule has 0 aromatic heterocycles. The van der Waals surface area contributed by atoms with E-state index in [4.69, 9.17) is 11.6 Å². The Morgan fingerprint density at radius 3 is 2.48 bits per heavy atom. The number of halogens is 4. The van der Waals surface area contributed by atoms with Gasteiger partial charge >= 0.3 is 6.18 Å². The molecular weight excluding hydrogens is 635 g/mol. The molecule has 12 heteroatoms. The van der Waals surface area contributed by atoms with Crippen LogP contribution in [0, 0.1) is 0 Å².